The highest BCUT2D eigenvalue weighted by Gasteiger charge is 2.32. The second kappa shape index (κ2) is 8.44. The number of likely N-dealkylation sites (tertiary alicyclic amines) is 2. The average Bonchev–Trinajstić information content (AvgIpc) is 2.58. The lowest BCUT2D eigenvalue weighted by Crippen LogP contribution is -2.53. The Kier molecular flexibility index (Phi) is 6.04. The second-order valence-corrected chi connectivity index (χ2v) is 6.93. The van der Waals surface area contributed by atoms with Crippen molar-refractivity contribution in [1.29, 1.82) is 0 Å². The first-order chi connectivity index (χ1) is 11.8. The first kappa shape index (κ1) is 17.2. The number of piperidine rings is 1. The fourth-order valence-electron chi connectivity index (χ4n) is 3.56. The van der Waals surface area contributed by atoms with E-state index in [1.54, 1.807) is 6.20 Å². The first-order valence-electron chi connectivity index (χ1n) is 9.03. The molecule has 2 amide bonds. The van der Waals surface area contributed by atoms with Crippen LogP contribution in [0.2, 0.25) is 0 Å². The van der Waals surface area contributed by atoms with Crippen LogP contribution in [0.1, 0.15) is 30.9 Å². The molecule has 6 heteroatoms. The molecule has 2 N–H and O–H groups in total. The van der Waals surface area contributed by atoms with Gasteiger partial charge in [0.05, 0.1) is 0 Å². The summed E-state index contributed by atoms with van der Waals surface area (Å²) in [4.78, 5) is 20.7. The fourth-order valence-corrected chi connectivity index (χ4v) is 3.56. The van der Waals surface area contributed by atoms with E-state index in [0.717, 1.165) is 51.3 Å². The standard InChI is InChI=1S/C18H28N4O2/c23-14-15-5-3-9-21(11-15)10-4-8-20-18(24)22-12-16(13-22)17-6-1-2-7-19-17/h1-2,6-7,15-16,23H,3-5,8-14H2,(H,20,24). The van der Waals surface area contributed by atoms with Crippen LogP contribution in [-0.2, 0) is 0 Å². The van der Waals surface area contributed by atoms with E-state index in [1.807, 2.05) is 23.1 Å². The third-order valence-electron chi connectivity index (χ3n) is 5.06. The zero-order valence-corrected chi connectivity index (χ0v) is 14.2. The molecule has 2 aliphatic rings. The number of nitrogens with one attached hydrogen (secondary N) is 1. The molecule has 2 aliphatic heterocycles. The summed E-state index contributed by atoms with van der Waals surface area (Å²) >= 11 is 0. The molecular weight excluding hydrogens is 304 g/mol. The van der Waals surface area contributed by atoms with Crippen molar-refractivity contribution in [1.82, 2.24) is 20.1 Å². The maximum atomic E-state index is 12.1. The van der Waals surface area contributed by atoms with E-state index in [2.05, 4.69) is 15.2 Å². The van der Waals surface area contributed by atoms with Gasteiger partial charge in [0.2, 0.25) is 0 Å². The Balaban J connectivity index is 1.28. The molecule has 3 heterocycles. The minimum absolute atomic E-state index is 0.0362. The average molecular weight is 332 g/mol. The van der Waals surface area contributed by atoms with E-state index >= 15 is 0 Å². The zero-order valence-electron chi connectivity index (χ0n) is 14.2. The quantitative estimate of drug-likeness (QED) is 0.770. The summed E-state index contributed by atoms with van der Waals surface area (Å²) < 4.78 is 0. The molecule has 24 heavy (non-hydrogen) atoms. The fraction of sp³-hybridized carbons (Fsp3) is 0.667. The zero-order chi connectivity index (χ0) is 16.8. The number of amides is 2. The number of hydrogen-bond acceptors (Lipinski definition) is 4. The Labute approximate surface area is 143 Å². The number of urea groups is 1. The van der Waals surface area contributed by atoms with Gasteiger partial charge in [-0.25, -0.2) is 4.79 Å². The molecule has 0 saturated carbocycles. The maximum absolute atomic E-state index is 12.1. The summed E-state index contributed by atoms with van der Waals surface area (Å²) in [6, 6.07) is 5.97. The van der Waals surface area contributed by atoms with Gasteiger partial charge in [0.1, 0.15) is 0 Å². The molecule has 3 rings (SSSR count). The van der Waals surface area contributed by atoms with Crippen LogP contribution >= 0.6 is 0 Å². The number of aromatic nitrogens is 1. The summed E-state index contributed by atoms with van der Waals surface area (Å²) in [5.74, 6) is 0.804. The third kappa shape index (κ3) is 4.45. The minimum atomic E-state index is 0.0362. The van der Waals surface area contributed by atoms with E-state index in [1.165, 1.54) is 6.42 Å². The molecule has 0 bridgehead atoms. The summed E-state index contributed by atoms with van der Waals surface area (Å²) in [7, 11) is 0. The first-order valence-corrected chi connectivity index (χ1v) is 9.03. The van der Waals surface area contributed by atoms with Crippen molar-refractivity contribution in [3.63, 3.8) is 0 Å². The number of carbonyl (C=O) groups excluding carboxylic acids is 1. The number of pyridine rings is 1. The molecule has 132 valence electrons. The van der Waals surface area contributed by atoms with Gasteiger partial charge in [0, 0.05) is 50.6 Å². The van der Waals surface area contributed by atoms with Gasteiger partial charge in [-0.15, -0.1) is 0 Å². The molecule has 0 spiro atoms. The monoisotopic (exact) mass is 332 g/mol. The van der Waals surface area contributed by atoms with Crippen molar-refractivity contribution in [3.05, 3.63) is 30.1 Å². The highest BCUT2D eigenvalue weighted by atomic mass is 16.3. The topological polar surface area (TPSA) is 68.7 Å². The molecule has 2 saturated heterocycles. The maximum Gasteiger partial charge on any atom is 0.317 e. The normalized spacial score (nSPS) is 22.2. The number of carbonyl (C=O) groups is 1. The van der Waals surface area contributed by atoms with E-state index in [9.17, 15) is 9.90 Å². The summed E-state index contributed by atoms with van der Waals surface area (Å²) in [6.07, 6.45) is 5.07. The van der Waals surface area contributed by atoms with Crippen molar-refractivity contribution in [2.24, 2.45) is 5.92 Å². The van der Waals surface area contributed by atoms with Crippen LogP contribution in [0.3, 0.4) is 0 Å². The van der Waals surface area contributed by atoms with Gasteiger partial charge >= 0.3 is 6.03 Å². The molecule has 1 aromatic heterocycles. The van der Waals surface area contributed by atoms with Gasteiger partial charge in [0.15, 0.2) is 0 Å². The highest BCUT2D eigenvalue weighted by Crippen LogP contribution is 2.24. The molecule has 1 aromatic rings. The summed E-state index contributed by atoms with van der Waals surface area (Å²) in [5, 5.41) is 12.3. The summed E-state index contributed by atoms with van der Waals surface area (Å²) in [5.41, 5.74) is 1.07. The Morgan fingerprint density at radius 1 is 1.33 bits per heavy atom. The molecule has 2 fully saturated rings. The van der Waals surface area contributed by atoms with Crippen LogP contribution in [0.15, 0.2) is 24.4 Å². The van der Waals surface area contributed by atoms with Crippen molar-refractivity contribution in [3.8, 4) is 0 Å². The Hall–Kier alpha value is -1.66. The van der Waals surface area contributed by atoms with Gasteiger partial charge in [-0.1, -0.05) is 6.07 Å². The Bertz CT molecular complexity index is 519. The minimum Gasteiger partial charge on any atom is -0.396 e. The van der Waals surface area contributed by atoms with E-state index in [-0.39, 0.29) is 6.03 Å². The molecule has 1 unspecified atom stereocenters. The Morgan fingerprint density at radius 2 is 2.21 bits per heavy atom. The predicted molar refractivity (Wildman–Crippen MR) is 92.8 cm³/mol. The van der Waals surface area contributed by atoms with E-state index in [0.29, 0.717) is 25.0 Å². The van der Waals surface area contributed by atoms with Crippen molar-refractivity contribution >= 4 is 6.03 Å². The van der Waals surface area contributed by atoms with Crippen molar-refractivity contribution in [2.45, 2.75) is 25.2 Å². The van der Waals surface area contributed by atoms with Gasteiger partial charge in [-0.3, -0.25) is 4.98 Å². The van der Waals surface area contributed by atoms with E-state index in [4.69, 9.17) is 0 Å². The lowest BCUT2D eigenvalue weighted by atomic mass is 9.96. The molecule has 0 aromatic carbocycles. The van der Waals surface area contributed by atoms with Crippen LogP contribution in [0, 0.1) is 5.92 Å². The number of nitrogens with zero attached hydrogens (tertiary/aromatic N) is 3. The summed E-state index contributed by atoms with van der Waals surface area (Å²) in [6.45, 7) is 5.61. The van der Waals surface area contributed by atoms with Gasteiger partial charge < -0.3 is 20.2 Å². The molecule has 6 nitrogen and oxygen atoms in total. The molecule has 0 radical (unpaired) electrons. The van der Waals surface area contributed by atoms with Gasteiger partial charge in [0.25, 0.3) is 0 Å². The molecule has 0 aliphatic carbocycles. The lowest BCUT2D eigenvalue weighted by Gasteiger charge is -2.38. The van der Waals surface area contributed by atoms with Gasteiger partial charge in [-0.05, 0) is 50.4 Å². The van der Waals surface area contributed by atoms with Crippen LogP contribution in [0.4, 0.5) is 4.79 Å². The third-order valence-corrected chi connectivity index (χ3v) is 5.06. The highest BCUT2D eigenvalue weighted by molar-refractivity contribution is 5.75. The molecule has 1 atom stereocenters. The largest absolute Gasteiger partial charge is 0.396 e. The van der Waals surface area contributed by atoms with Crippen LogP contribution in [0.25, 0.3) is 0 Å². The molecular formula is C18H28N4O2. The van der Waals surface area contributed by atoms with Crippen LogP contribution in [0.5, 0.6) is 0 Å². The SMILES string of the molecule is O=C(NCCCN1CCCC(CO)C1)N1CC(c2ccccn2)C1. The Morgan fingerprint density at radius 3 is 2.96 bits per heavy atom. The number of aliphatic hydroxyl groups excluding tert-OH is 1. The predicted octanol–water partition coefficient (Wildman–Crippen LogP) is 1.28. The lowest BCUT2D eigenvalue weighted by molar-refractivity contribution is 0.119. The second-order valence-electron chi connectivity index (χ2n) is 6.93. The number of hydrogen-bond donors (Lipinski definition) is 2. The van der Waals surface area contributed by atoms with Crippen molar-refractivity contribution in [2.75, 3.05) is 45.9 Å². The van der Waals surface area contributed by atoms with Gasteiger partial charge in [-0.2, -0.15) is 0 Å². The number of rotatable bonds is 6. The van der Waals surface area contributed by atoms with E-state index < -0.39 is 0 Å². The smallest absolute Gasteiger partial charge is 0.317 e. The van der Waals surface area contributed by atoms with Crippen molar-refractivity contribution < 1.29 is 9.90 Å². The van der Waals surface area contributed by atoms with Crippen LogP contribution in [-0.4, -0.2) is 71.8 Å². The van der Waals surface area contributed by atoms with Crippen LogP contribution < -0.4 is 5.32 Å². The number of aliphatic hydroxyl groups is 1.